The Hall–Kier alpha value is -2.45. The largest absolute Gasteiger partial charge is 0.418 e. The molecule has 0 saturated heterocycles. The van der Waals surface area contributed by atoms with E-state index >= 15 is 0 Å². The maximum atomic E-state index is 11.8. The van der Waals surface area contributed by atoms with Crippen LogP contribution in [0.15, 0.2) is 33.5 Å². The second-order valence-corrected chi connectivity index (χ2v) is 4.27. The number of nitrogens with zero attached hydrogens (tertiary/aromatic N) is 2. The van der Waals surface area contributed by atoms with E-state index in [2.05, 4.69) is 0 Å². The maximum absolute atomic E-state index is 11.8. The van der Waals surface area contributed by atoms with Gasteiger partial charge in [-0.3, -0.25) is 10.1 Å². The van der Waals surface area contributed by atoms with E-state index in [1.165, 1.54) is 11.0 Å². The van der Waals surface area contributed by atoms with E-state index < -0.39 is 16.2 Å². The number of hydrogen-bond acceptors (Lipinski definition) is 7. The van der Waals surface area contributed by atoms with Gasteiger partial charge in [0.15, 0.2) is 0 Å². The van der Waals surface area contributed by atoms with Crippen LogP contribution in [0.4, 0.5) is 11.4 Å². The summed E-state index contributed by atoms with van der Waals surface area (Å²) in [6.07, 6.45) is 0. The molecule has 0 atom stereocenters. The van der Waals surface area contributed by atoms with Crippen LogP contribution in [0, 0.1) is 10.1 Å². The summed E-state index contributed by atoms with van der Waals surface area (Å²) in [6.45, 7) is -0.443. The third-order valence-electron chi connectivity index (χ3n) is 3.00. The number of aliphatic hydroxyl groups excluding tert-OH is 2. The Labute approximate surface area is 119 Å². The van der Waals surface area contributed by atoms with Crippen molar-refractivity contribution in [3.63, 3.8) is 0 Å². The van der Waals surface area contributed by atoms with Gasteiger partial charge in [0.25, 0.3) is 0 Å². The van der Waals surface area contributed by atoms with Crippen molar-refractivity contribution in [2.24, 2.45) is 0 Å². The molecule has 8 heteroatoms. The first-order valence-electron chi connectivity index (χ1n) is 6.27. The van der Waals surface area contributed by atoms with Gasteiger partial charge < -0.3 is 19.5 Å². The molecular weight excluding hydrogens is 280 g/mol. The Morgan fingerprint density at radius 3 is 2.38 bits per heavy atom. The standard InChI is InChI=1S/C13H14N2O6/c16-7-5-14(6-8-17)11-9-3-1-2-4-10(9)21-13(18)12(11)15(19)20/h1-4,16-17H,5-8H2. The van der Waals surface area contributed by atoms with Crippen LogP contribution in [0.5, 0.6) is 0 Å². The molecule has 0 aliphatic carbocycles. The van der Waals surface area contributed by atoms with Crippen LogP contribution >= 0.6 is 0 Å². The molecular formula is C13H14N2O6. The molecule has 1 heterocycles. The summed E-state index contributed by atoms with van der Waals surface area (Å²) < 4.78 is 4.95. The predicted octanol–water partition coefficient (Wildman–Crippen LogP) is 0.492. The van der Waals surface area contributed by atoms with E-state index in [0.717, 1.165) is 0 Å². The van der Waals surface area contributed by atoms with E-state index in [1.54, 1.807) is 18.2 Å². The Balaban J connectivity index is 2.80. The van der Waals surface area contributed by atoms with Crippen molar-refractivity contribution in [3.8, 4) is 0 Å². The van der Waals surface area contributed by atoms with Gasteiger partial charge >= 0.3 is 11.3 Å². The lowest BCUT2D eigenvalue weighted by Gasteiger charge is -2.23. The third-order valence-corrected chi connectivity index (χ3v) is 3.00. The lowest BCUT2D eigenvalue weighted by Crippen LogP contribution is -2.31. The van der Waals surface area contributed by atoms with E-state index in [0.29, 0.717) is 5.39 Å². The van der Waals surface area contributed by atoms with Gasteiger partial charge in [-0.15, -0.1) is 0 Å². The third kappa shape index (κ3) is 2.86. The second-order valence-electron chi connectivity index (χ2n) is 4.27. The highest BCUT2D eigenvalue weighted by Gasteiger charge is 2.28. The van der Waals surface area contributed by atoms with Gasteiger partial charge in [0.2, 0.25) is 0 Å². The van der Waals surface area contributed by atoms with Crippen molar-refractivity contribution in [2.75, 3.05) is 31.2 Å². The number of anilines is 1. The molecule has 0 aliphatic heterocycles. The summed E-state index contributed by atoms with van der Waals surface area (Å²) in [6, 6.07) is 6.41. The molecule has 0 fully saturated rings. The van der Waals surface area contributed by atoms with Crippen molar-refractivity contribution in [1.82, 2.24) is 0 Å². The minimum atomic E-state index is -1.06. The van der Waals surface area contributed by atoms with E-state index in [1.807, 2.05) is 0 Å². The Morgan fingerprint density at radius 1 is 1.19 bits per heavy atom. The summed E-state index contributed by atoms with van der Waals surface area (Å²) in [7, 11) is 0. The number of aliphatic hydroxyl groups is 2. The molecule has 0 saturated carbocycles. The molecule has 0 aliphatic rings. The molecule has 2 aromatic rings. The number of fused-ring (bicyclic) bond motifs is 1. The fourth-order valence-corrected chi connectivity index (χ4v) is 2.18. The molecule has 21 heavy (non-hydrogen) atoms. The summed E-state index contributed by atoms with van der Waals surface area (Å²) in [5, 5.41) is 29.8. The van der Waals surface area contributed by atoms with Crippen LogP contribution in [0.3, 0.4) is 0 Å². The molecule has 112 valence electrons. The first-order chi connectivity index (χ1) is 10.1. The molecule has 2 N–H and O–H groups in total. The van der Waals surface area contributed by atoms with Crippen molar-refractivity contribution in [1.29, 1.82) is 0 Å². The molecule has 0 spiro atoms. The molecule has 1 aromatic heterocycles. The smallest absolute Gasteiger partial charge is 0.417 e. The molecule has 2 rings (SSSR count). The lowest BCUT2D eigenvalue weighted by atomic mass is 10.1. The van der Waals surface area contributed by atoms with E-state index in [9.17, 15) is 14.9 Å². The first kappa shape index (κ1) is 14.9. The maximum Gasteiger partial charge on any atom is 0.417 e. The van der Waals surface area contributed by atoms with Crippen LogP contribution in [-0.4, -0.2) is 41.4 Å². The second kappa shape index (κ2) is 6.33. The molecule has 0 bridgehead atoms. The van der Waals surface area contributed by atoms with Crippen molar-refractivity contribution in [2.45, 2.75) is 0 Å². The molecule has 0 unspecified atom stereocenters. The zero-order valence-electron chi connectivity index (χ0n) is 11.1. The average Bonchev–Trinajstić information content (AvgIpc) is 2.45. The van der Waals surface area contributed by atoms with Gasteiger partial charge in [0.1, 0.15) is 11.3 Å². The van der Waals surface area contributed by atoms with Crippen molar-refractivity contribution >= 4 is 22.3 Å². The van der Waals surface area contributed by atoms with Gasteiger partial charge in [0, 0.05) is 18.5 Å². The van der Waals surface area contributed by atoms with Crippen LogP contribution in [0.25, 0.3) is 11.0 Å². The highest BCUT2D eigenvalue weighted by molar-refractivity contribution is 5.94. The molecule has 0 amide bonds. The normalized spacial score (nSPS) is 10.8. The Bertz CT molecular complexity index is 705. The summed E-state index contributed by atoms with van der Waals surface area (Å²) in [5.74, 6) is 0. The van der Waals surface area contributed by atoms with Gasteiger partial charge in [-0.25, -0.2) is 4.79 Å². The molecule has 0 radical (unpaired) electrons. The minimum Gasteiger partial charge on any atom is -0.418 e. The topological polar surface area (TPSA) is 117 Å². The van der Waals surface area contributed by atoms with Crippen molar-refractivity contribution in [3.05, 3.63) is 44.8 Å². The fraction of sp³-hybridized carbons (Fsp3) is 0.308. The summed E-state index contributed by atoms with van der Waals surface area (Å²) in [5.41, 5.74) is -1.50. The van der Waals surface area contributed by atoms with E-state index in [4.69, 9.17) is 14.6 Å². The van der Waals surface area contributed by atoms with Gasteiger partial charge in [0.05, 0.1) is 18.1 Å². The highest BCUT2D eigenvalue weighted by Crippen LogP contribution is 2.33. The summed E-state index contributed by atoms with van der Waals surface area (Å²) in [4.78, 5) is 23.6. The predicted molar refractivity (Wildman–Crippen MR) is 75.5 cm³/mol. The van der Waals surface area contributed by atoms with Crippen LogP contribution in [0.1, 0.15) is 0 Å². The Kier molecular flexibility index (Phi) is 4.51. The first-order valence-corrected chi connectivity index (χ1v) is 6.27. The quantitative estimate of drug-likeness (QED) is 0.452. The number of hydrogen-bond donors (Lipinski definition) is 2. The molecule has 8 nitrogen and oxygen atoms in total. The van der Waals surface area contributed by atoms with Gasteiger partial charge in [-0.2, -0.15) is 0 Å². The summed E-state index contributed by atoms with van der Waals surface area (Å²) >= 11 is 0. The van der Waals surface area contributed by atoms with Gasteiger partial charge in [-0.1, -0.05) is 12.1 Å². The number of rotatable bonds is 6. The lowest BCUT2D eigenvalue weighted by molar-refractivity contribution is -0.386. The number of benzene rings is 1. The van der Waals surface area contributed by atoms with Crippen molar-refractivity contribution < 1.29 is 19.6 Å². The highest BCUT2D eigenvalue weighted by atomic mass is 16.6. The zero-order valence-corrected chi connectivity index (χ0v) is 11.1. The number of nitro groups is 1. The van der Waals surface area contributed by atoms with Gasteiger partial charge in [-0.05, 0) is 12.1 Å². The SMILES string of the molecule is O=c1oc2ccccc2c(N(CCO)CCO)c1[N+](=O)[O-]. The monoisotopic (exact) mass is 294 g/mol. The zero-order chi connectivity index (χ0) is 15.4. The molecule has 1 aromatic carbocycles. The van der Waals surface area contributed by atoms with Crippen LogP contribution < -0.4 is 10.5 Å². The van der Waals surface area contributed by atoms with Crippen LogP contribution in [-0.2, 0) is 0 Å². The number of para-hydroxylation sites is 1. The average molecular weight is 294 g/mol. The fourth-order valence-electron chi connectivity index (χ4n) is 2.18. The van der Waals surface area contributed by atoms with E-state index in [-0.39, 0.29) is 37.6 Å². The van der Waals surface area contributed by atoms with Crippen LogP contribution in [0.2, 0.25) is 0 Å². The minimum absolute atomic E-state index is 0.0504. The Morgan fingerprint density at radius 2 is 1.81 bits per heavy atom.